The fraction of sp³-hybridized carbons (Fsp3) is 0.500. The Labute approximate surface area is 73.8 Å². The van der Waals surface area contributed by atoms with Gasteiger partial charge in [0.15, 0.2) is 0 Å². The van der Waals surface area contributed by atoms with Gasteiger partial charge in [-0.3, -0.25) is 19.3 Å². The molecule has 0 radical (unpaired) electrons. The number of hydrogen-bond acceptors (Lipinski definition) is 5. The number of nitrogens with two attached hydrogens (primary N) is 1. The molecular weight excluding hydrogens is 204 g/mol. The first-order valence-electron chi connectivity index (χ1n) is 3.03. The highest BCUT2D eigenvalue weighted by molar-refractivity contribution is 7.83. The molecule has 0 unspecified atom stereocenters. The smallest absolute Gasteiger partial charge is 0.370 e. The third-order valence-electron chi connectivity index (χ3n) is 1.02. The maximum absolute atomic E-state index is 10.6. The van der Waals surface area contributed by atoms with Gasteiger partial charge in [-0.25, -0.2) is 0 Å². The van der Waals surface area contributed by atoms with Crippen LogP contribution in [0.5, 0.6) is 0 Å². The van der Waals surface area contributed by atoms with Crippen molar-refractivity contribution in [2.24, 2.45) is 5.73 Å². The Morgan fingerprint density at radius 1 is 1.31 bits per heavy atom. The molecule has 0 fully saturated rings. The Hall–Kier alpha value is -1.19. The van der Waals surface area contributed by atoms with Crippen molar-refractivity contribution in [3.05, 3.63) is 0 Å². The topological polar surface area (TPSA) is 138 Å². The molecule has 8 nitrogen and oxygen atoms in total. The number of carbonyl (C=O) groups excluding carboxylic acids is 2. The molecule has 0 aromatic carbocycles. The standard InChI is InChI=1S/C4H8N2O6S/c5-3(7)1-2-4(8)6(9)13(10,11)12/h9H,1-2H2,(H2,5,7)(H,10,11,12). The lowest BCUT2D eigenvalue weighted by Crippen LogP contribution is -2.33. The van der Waals surface area contributed by atoms with Crippen LogP contribution in [0, 0.1) is 0 Å². The second kappa shape index (κ2) is 4.16. The molecule has 0 atom stereocenters. The summed E-state index contributed by atoms with van der Waals surface area (Å²) >= 11 is 0. The number of hydrogen-bond donors (Lipinski definition) is 3. The molecule has 0 aromatic heterocycles. The summed E-state index contributed by atoms with van der Waals surface area (Å²) in [6, 6.07) is 0. The highest BCUT2D eigenvalue weighted by Crippen LogP contribution is 1.98. The number of rotatable bonds is 4. The molecule has 4 N–H and O–H groups in total. The lowest BCUT2D eigenvalue weighted by molar-refractivity contribution is -0.147. The monoisotopic (exact) mass is 212 g/mol. The van der Waals surface area contributed by atoms with Gasteiger partial charge in [0.2, 0.25) is 5.91 Å². The highest BCUT2D eigenvalue weighted by Gasteiger charge is 2.22. The molecular formula is C4H8N2O6S. The fourth-order valence-corrected chi connectivity index (χ4v) is 0.803. The lowest BCUT2D eigenvalue weighted by atomic mass is 10.3. The van der Waals surface area contributed by atoms with Gasteiger partial charge in [-0.2, -0.15) is 8.42 Å². The average Bonchev–Trinajstić information content (AvgIpc) is 1.96. The van der Waals surface area contributed by atoms with Crippen LogP contribution in [0.15, 0.2) is 0 Å². The molecule has 0 aliphatic heterocycles. The average molecular weight is 212 g/mol. The number of nitrogens with zero attached hydrogens (tertiary/aromatic N) is 1. The van der Waals surface area contributed by atoms with Crippen molar-refractivity contribution in [1.29, 1.82) is 0 Å². The summed E-state index contributed by atoms with van der Waals surface area (Å²) in [5.74, 6) is -2.15. The summed E-state index contributed by atoms with van der Waals surface area (Å²) in [5, 5.41) is 8.46. The predicted molar refractivity (Wildman–Crippen MR) is 38.6 cm³/mol. The third-order valence-corrected chi connectivity index (χ3v) is 1.66. The van der Waals surface area contributed by atoms with Crippen LogP contribution in [0.2, 0.25) is 0 Å². The molecule has 76 valence electrons. The minimum Gasteiger partial charge on any atom is -0.370 e. The van der Waals surface area contributed by atoms with Crippen LogP contribution >= 0.6 is 0 Å². The summed E-state index contributed by atoms with van der Waals surface area (Å²) in [6.07, 6.45) is -1.00. The minimum absolute atomic E-state index is 0.411. The second-order valence-corrected chi connectivity index (χ2v) is 3.32. The van der Waals surface area contributed by atoms with Crippen LogP contribution in [-0.4, -0.2) is 34.5 Å². The van der Waals surface area contributed by atoms with Crippen molar-refractivity contribution in [3.63, 3.8) is 0 Å². The Morgan fingerprint density at radius 2 is 1.77 bits per heavy atom. The molecule has 0 aromatic rings. The van der Waals surface area contributed by atoms with E-state index in [1.165, 1.54) is 0 Å². The Balaban J connectivity index is 4.22. The molecule has 0 bridgehead atoms. The molecule has 13 heavy (non-hydrogen) atoms. The predicted octanol–water partition coefficient (Wildman–Crippen LogP) is -1.73. The first-order chi connectivity index (χ1) is 5.75. The van der Waals surface area contributed by atoms with E-state index in [4.69, 9.17) is 9.76 Å². The van der Waals surface area contributed by atoms with E-state index in [-0.39, 0.29) is 0 Å². The molecule has 0 saturated carbocycles. The zero-order valence-electron chi connectivity index (χ0n) is 6.37. The number of carbonyl (C=O) groups is 2. The van der Waals surface area contributed by atoms with Crippen LogP contribution in [0.25, 0.3) is 0 Å². The van der Waals surface area contributed by atoms with Crippen molar-refractivity contribution in [3.8, 4) is 0 Å². The molecule has 0 rings (SSSR count). The summed E-state index contributed by atoms with van der Waals surface area (Å²) in [5.41, 5.74) is 4.65. The van der Waals surface area contributed by atoms with E-state index in [2.05, 4.69) is 5.73 Å². The van der Waals surface area contributed by atoms with E-state index in [0.29, 0.717) is 0 Å². The van der Waals surface area contributed by atoms with Gasteiger partial charge in [0.1, 0.15) is 0 Å². The first-order valence-corrected chi connectivity index (χ1v) is 4.42. The van der Waals surface area contributed by atoms with E-state index >= 15 is 0 Å². The van der Waals surface area contributed by atoms with Crippen molar-refractivity contribution in [2.75, 3.05) is 0 Å². The molecule has 9 heteroatoms. The number of primary amides is 1. The third kappa shape index (κ3) is 4.40. The largest absolute Gasteiger partial charge is 0.385 e. The van der Waals surface area contributed by atoms with Gasteiger partial charge in [0.25, 0.3) is 5.91 Å². The number of hydroxylamine groups is 1. The van der Waals surface area contributed by atoms with Gasteiger partial charge < -0.3 is 5.73 Å². The fourth-order valence-electron chi connectivity index (χ4n) is 0.454. The minimum atomic E-state index is -4.96. The lowest BCUT2D eigenvalue weighted by Gasteiger charge is -2.08. The van der Waals surface area contributed by atoms with Crippen molar-refractivity contribution >= 4 is 22.1 Å². The maximum atomic E-state index is 10.6. The van der Waals surface area contributed by atoms with Gasteiger partial charge in [0.05, 0.1) is 0 Å². The van der Waals surface area contributed by atoms with Crippen LogP contribution < -0.4 is 5.73 Å². The molecule has 0 saturated heterocycles. The van der Waals surface area contributed by atoms with E-state index in [1.807, 2.05) is 0 Å². The van der Waals surface area contributed by atoms with Crippen LogP contribution in [-0.2, 0) is 19.9 Å². The first kappa shape index (κ1) is 11.8. The van der Waals surface area contributed by atoms with Crippen molar-refractivity contribution in [2.45, 2.75) is 12.8 Å². The zero-order chi connectivity index (χ0) is 10.6. The van der Waals surface area contributed by atoms with Gasteiger partial charge in [-0.15, -0.1) is 0 Å². The van der Waals surface area contributed by atoms with Gasteiger partial charge >= 0.3 is 10.3 Å². The summed E-state index contributed by atoms with van der Waals surface area (Å²) in [7, 11) is -4.96. The van der Waals surface area contributed by atoms with Gasteiger partial charge in [-0.05, 0) is 0 Å². The van der Waals surface area contributed by atoms with Crippen LogP contribution in [0.3, 0.4) is 0 Å². The van der Waals surface area contributed by atoms with E-state index < -0.39 is 39.4 Å². The van der Waals surface area contributed by atoms with Crippen molar-refractivity contribution < 1.29 is 27.8 Å². The Morgan fingerprint density at radius 3 is 2.08 bits per heavy atom. The van der Waals surface area contributed by atoms with Crippen LogP contribution in [0.1, 0.15) is 12.8 Å². The quantitative estimate of drug-likeness (QED) is 0.287. The molecule has 0 aliphatic rings. The number of amides is 2. The second-order valence-electron chi connectivity index (χ2n) is 2.08. The summed E-state index contributed by atoms with van der Waals surface area (Å²) < 4.78 is 27.5. The highest BCUT2D eigenvalue weighted by atomic mass is 32.2. The van der Waals surface area contributed by atoms with Crippen molar-refractivity contribution in [1.82, 2.24) is 4.47 Å². The normalized spacial score (nSPS) is 10.9. The summed E-state index contributed by atoms with van der Waals surface area (Å²) in [4.78, 5) is 20.8. The zero-order valence-corrected chi connectivity index (χ0v) is 7.19. The maximum Gasteiger partial charge on any atom is 0.385 e. The van der Waals surface area contributed by atoms with E-state index in [0.717, 1.165) is 0 Å². The molecule has 0 spiro atoms. The molecule has 0 aliphatic carbocycles. The van der Waals surface area contributed by atoms with E-state index in [1.54, 1.807) is 0 Å². The van der Waals surface area contributed by atoms with Gasteiger partial charge in [0, 0.05) is 12.8 Å². The van der Waals surface area contributed by atoms with E-state index in [9.17, 15) is 18.0 Å². The van der Waals surface area contributed by atoms with Gasteiger partial charge in [-0.1, -0.05) is 4.47 Å². The SMILES string of the molecule is NC(=O)CCC(=O)N(O)S(=O)(=O)O. The Bertz CT molecular complexity index is 309. The molecule has 2 amide bonds. The van der Waals surface area contributed by atoms with Crippen LogP contribution in [0.4, 0.5) is 0 Å². The molecule has 0 heterocycles. The Kier molecular flexibility index (Phi) is 3.78. The summed E-state index contributed by atoms with van der Waals surface area (Å²) in [6.45, 7) is 0.